The number of benzene rings is 4. The van der Waals surface area contributed by atoms with Crippen molar-refractivity contribution in [3.05, 3.63) is 124 Å². The second kappa shape index (κ2) is 13.4. The number of amides is 2. The van der Waals surface area contributed by atoms with Gasteiger partial charge >= 0.3 is 6.18 Å². The van der Waals surface area contributed by atoms with Crippen LogP contribution in [0.4, 0.5) is 39.0 Å². The first-order valence-electron chi connectivity index (χ1n) is 15.8. The first kappa shape index (κ1) is 33.1. The van der Waals surface area contributed by atoms with Gasteiger partial charge in [0.1, 0.15) is 11.6 Å². The highest BCUT2D eigenvalue weighted by molar-refractivity contribution is 6.09. The monoisotopic (exact) mass is 663 g/mol. The molecule has 0 bridgehead atoms. The molecule has 250 valence electrons. The maximum absolute atomic E-state index is 15.3. The van der Waals surface area contributed by atoms with Crippen LogP contribution in [-0.4, -0.2) is 23.0 Å². The quantitative estimate of drug-likeness (QED) is 0.174. The summed E-state index contributed by atoms with van der Waals surface area (Å²) in [5, 5.41) is 15.5. The number of carbonyl (C=O) groups is 2. The van der Waals surface area contributed by atoms with Gasteiger partial charge in [-0.2, -0.15) is 13.2 Å². The Morgan fingerprint density at radius 3 is 2.29 bits per heavy atom. The predicted molar refractivity (Wildman–Crippen MR) is 173 cm³/mol. The third-order valence-electron chi connectivity index (χ3n) is 9.22. The molecule has 3 N–H and O–H groups in total. The van der Waals surface area contributed by atoms with Crippen LogP contribution >= 0.6 is 0 Å². The molecule has 1 aliphatic carbocycles. The Morgan fingerprint density at radius 2 is 1.62 bits per heavy atom. The van der Waals surface area contributed by atoms with Gasteiger partial charge in [0.2, 0.25) is 5.91 Å². The van der Waals surface area contributed by atoms with E-state index in [4.69, 9.17) is 0 Å². The lowest BCUT2D eigenvalue weighted by molar-refractivity contribution is -0.138. The molecule has 4 aromatic carbocycles. The number of nitrogens with one attached hydrogen (secondary N) is 2. The molecular weight excluding hydrogens is 629 g/mol. The Bertz CT molecular complexity index is 1820. The SMILES string of the molecule is Cc1cccc(F)c1C(=O)N1c2ccc(F)cc2C[C@H](C(=O)Nc2ccc(CO)c(C(F)(F)F)c2)[C@@H]1c1ccc(NC2CCCC2)cc1. The summed E-state index contributed by atoms with van der Waals surface area (Å²) in [5.74, 6) is -3.99. The van der Waals surface area contributed by atoms with Crippen LogP contribution in [0.25, 0.3) is 0 Å². The zero-order valence-corrected chi connectivity index (χ0v) is 26.1. The molecule has 48 heavy (non-hydrogen) atoms. The van der Waals surface area contributed by atoms with Gasteiger partial charge in [0, 0.05) is 23.1 Å². The molecule has 0 aromatic heterocycles. The van der Waals surface area contributed by atoms with Crippen LogP contribution in [0.3, 0.4) is 0 Å². The molecular formula is C37H34F5N3O3. The van der Waals surface area contributed by atoms with Crippen molar-refractivity contribution in [2.75, 3.05) is 15.5 Å². The average Bonchev–Trinajstić information content (AvgIpc) is 3.56. The first-order chi connectivity index (χ1) is 22.9. The molecule has 6 rings (SSSR count). The minimum atomic E-state index is -4.79. The molecule has 1 fully saturated rings. The lowest BCUT2D eigenvalue weighted by atomic mass is 9.80. The van der Waals surface area contributed by atoms with E-state index >= 15 is 4.39 Å². The maximum atomic E-state index is 15.3. The van der Waals surface area contributed by atoms with Crippen molar-refractivity contribution in [3.8, 4) is 0 Å². The minimum absolute atomic E-state index is 0.0629. The molecule has 2 amide bonds. The van der Waals surface area contributed by atoms with E-state index in [1.165, 1.54) is 35.2 Å². The van der Waals surface area contributed by atoms with Gasteiger partial charge in [0.15, 0.2) is 0 Å². The molecule has 0 radical (unpaired) electrons. The van der Waals surface area contributed by atoms with E-state index in [2.05, 4.69) is 10.6 Å². The number of aliphatic hydroxyl groups excluding tert-OH is 1. The van der Waals surface area contributed by atoms with Crippen LogP contribution < -0.4 is 15.5 Å². The van der Waals surface area contributed by atoms with Crippen molar-refractivity contribution in [2.45, 2.75) is 63.9 Å². The van der Waals surface area contributed by atoms with E-state index in [-0.39, 0.29) is 28.9 Å². The van der Waals surface area contributed by atoms with Gasteiger partial charge in [-0.1, -0.05) is 43.2 Å². The number of hydrogen-bond donors (Lipinski definition) is 3. The number of rotatable bonds is 7. The highest BCUT2D eigenvalue weighted by Gasteiger charge is 2.44. The summed E-state index contributed by atoms with van der Waals surface area (Å²) in [6.45, 7) is 0.733. The highest BCUT2D eigenvalue weighted by Crippen LogP contribution is 2.45. The van der Waals surface area contributed by atoms with E-state index in [0.717, 1.165) is 49.6 Å². The summed E-state index contributed by atoms with van der Waals surface area (Å²) >= 11 is 0. The lowest BCUT2D eigenvalue weighted by Crippen LogP contribution is -2.47. The van der Waals surface area contributed by atoms with E-state index < -0.39 is 53.8 Å². The van der Waals surface area contributed by atoms with Crippen LogP contribution in [0.2, 0.25) is 0 Å². The number of nitrogens with zero attached hydrogens (tertiary/aromatic N) is 1. The van der Waals surface area contributed by atoms with Gasteiger partial charge in [0.25, 0.3) is 5.91 Å². The molecule has 1 saturated carbocycles. The number of alkyl halides is 3. The summed E-state index contributed by atoms with van der Waals surface area (Å²) in [7, 11) is 0. The van der Waals surface area contributed by atoms with Crippen LogP contribution in [0.15, 0.2) is 78.9 Å². The number of aryl methyl sites for hydroxylation is 1. The number of aliphatic hydroxyl groups is 1. The predicted octanol–water partition coefficient (Wildman–Crippen LogP) is 8.34. The number of anilines is 3. The topological polar surface area (TPSA) is 81.7 Å². The normalized spacial score (nSPS) is 18.0. The Morgan fingerprint density at radius 1 is 0.917 bits per heavy atom. The van der Waals surface area contributed by atoms with Crippen molar-refractivity contribution in [2.24, 2.45) is 5.92 Å². The Kier molecular flexibility index (Phi) is 9.24. The van der Waals surface area contributed by atoms with Crippen molar-refractivity contribution >= 4 is 28.9 Å². The van der Waals surface area contributed by atoms with E-state index in [9.17, 15) is 32.3 Å². The zero-order valence-electron chi connectivity index (χ0n) is 26.1. The lowest BCUT2D eigenvalue weighted by Gasteiger charge is -2.42. The summed E-state index contributed by atoms with van der Waals surface area (Å²) in [6.07, 6.45) is -0.508. The third kappa shape index (κ3) is 6.64. The fraction of sp³-hybridized carbons (Fsp3) is 0.297. The van der Waals surface area contributed by atoms with Crippen LogP contribution in [-0.2, 0) is 24.0 Å². The van der Waals surface area contributed by atoms with Gasteiger partial charge in [-0.05, 0) is 97.0 Å². The maximum Gasteiger partial charge on any atom is 0.416 e. The van der Waals surface area contributed by atoms with Gasteiger partial charge in [-0.25, -0.2) is 8.78 Å². The molecule has 11 heteroatoms. The van der Waals surface area contributed by atoms with Crippen molar-refractivity contribution in [1.29, 1.82) is 0 Å². The minimum Gasteiger partial charge on any atom is -0.392 e. The molecule has 4 aromatic rings. The number of fused-ring (bicyclic) bond motifs is 1. The van der Waals surface area contributed by atoms with Gasteiger partial charge in [0.05, 0.1) is 29.7 Å². The van der Waals surface area contributed by atoms with E-state index in [1.807, 2.05) is 12.1 Å². The molecule has 2 aliphatic rings. The number of carbonyl (C=O) groups excluding carboxylic acids is 2. The number of halogens is 5. The van der Waals surface area contributed by atoms with Crippen LogP contribution in [0.5, 0.6) is 0 Å². The van der Waals surface area contributed by atoms with Crippen molar-refractivity contribution < 1.29 is 36.6 Å². The molecule has 0 saturated heterocycles. The zero-order chi connectivity index (χ0) is 34.2. The number of hydrogen-bond acceptors (Lipinski definition) is 4. The molecule has 6 nitrogen and oxygen atoms in total. The fourth-order valence-electron chi connectivity index (χ4n) is 6.88. The largest absolute Gasteiger partial charge is 0.416 e. The van der Waals surface area contributed by atoms with Gasteiger partial charge < -0.3 is 15.7 Å². The first-order valence-corrected chi connectivity index (χ1v) is 15.8. The average molecular weight is 664 g/mol. The Hall–Kier alpha value is -4.77. The molecule has 2 atom stereocenters. The van der Waals surface area contributed by atoms with Crippen LogP contribution in [0.1, 0.15) is 69.9 Å². The van der Waals surface area contributed by atoms with Gasteiger partial charge in [-0.3, -0.25) is 14.5 Å². The third-order valence-corrected chi connectivity index (χ3v) is 9.22. The standard InChI is InChI=1S/C37H34F5N3O3/c1-21-5-4-8-31(39)33(21)36(48)45-32-16-12-25(38)17-24(32)18-29(34(45)22-9-13-27(14-10-22)43-26-6-2-3-7-26)35(47)44-28-15-11-23(20-46)30(19-28)37(40,41)42/h4-5,8-17,19,26,29,34,43,46H,2-3,6-7,18,20H2,1H3,(H,44,47)/t29-,34-/m0/s1. The summed E-state index contributed by atoms with van der Waals surface area (Å²) in [4.78, 5) is 29.9. The second-order valence-electron chi connectivity index (χ2n) is 12.4. The molecule has 0 unspecified atom stereocenters. The summed E-state index contributed by atoms with van der Waals surface area (Å²) in [6, 6.07) is 17.6. The summed E-state index contributed by atoms with van der Waals surface area (Å²) in [5.41, 5.74) is 0.468. The molecule has 1 aliphatic heterocycles. The highest BCUT2D eigenvalue weighted by atomic mass is 19.4. The van der Waals surface area contributed by atoms with Crippen molar-refractivity contribution in [3.63, 3.8) is 0 Å². The smallest absolute Gasteiger partial charge is 0.392 e. The van der Waals surface area contributed by atoms with Gasteiger partial charge in [-0.15, -0.1) is 0 Å². The Labute approximate surface area is 274 Å². The van der Waals surface area contributed by atoms with E-state index in [0.29, 0.717) is 22.7 Å². The molecule has 0 spiro atoms. The summed E-state index contributed by atoms with van der Waals surface area (Å²) < 4.78 is 71.3. The molecule has 1 heterocycles. The van der Waals surface area contributed by atoms with E-state index in [1.54, 1.807) is 25.1 Å². The fourth-order valence-corrected chi connectivity index (χ4v) is 6.88. The van der Waals surface area contributed by atoms with Crippen LogP contribution in [0, 0.1) is 24.5 Å². The second-order valence-corrected chi connectivity index (χ2v) is 12.4. The van der Waals surface area contributed by atoms with Crippen molar-refractivity contribution in [1.82, 2.24) is 0 Å². The Balaban J connectivity index is 1.45.